The van der Waals surface area contributed by atoms with Crippen molar-refractivity contribution in [3.63, 3.8) is 0 Å². The lowest BCUT2D eigenvalue weighted by Gasteiger charge is -2.26. The summed E-state index contributed by atoms with van der Waals surface area (Å²) in [4.78, 5) is 18.6. The molecule has 1 atom stereocenters. The van der Waals surface area contributed by atoms with Gasteiger partial charge in [-0.15, -0.1) is 0 Å². The second-order valence-corrected chi connectivity index (χ2v) is 6.39. The number of oxazole rings is 1. The van der Waals surface area contributed by atoms with Gasteiger partial charge in [-0.2, -0.15) is 0 Å². The lowest BCUT2D eigenvalue weighted by molar-refractivity contribution is -0.137. The van der Waals surface area contributed by atoms with Crippen LogP contribution in [0.3, 0.4) is 0 Å². The Hall–Kier alpha value is -2.14. The fourth-order valence-electron chi connectivity index (χ4n) is 3.30. The molecule has 1 aliphatic rings. The Morgan fingerprint density at radius 3 is 2.96 bits per heavy atom. The van der Waals surface area contributed by atoms with E-state index in [2.05, 4.69) is 37.0 Å². The molecule has 5 nitrogen and oxygen atoms in total. The maximum Gasteiger partial charge on any atom is 0.249 e. The van der Waals surface area contributed by atoms with Crippen molar-refractivity contribution in [3.05, 3.63) is 52.7 Å². The van der Waals surface area contributed by atoms with Gasteiger partial charge in [0.25, 0.3) is 0 Å². The van der Waals surface area contributed by atoms with E-state index in [1.165, 1.54) is 16.7 Å². The number of carbonyl (C=O) groups excluding carboxylic acids is 1. The van der Waals surface area contributed by atoms with Crippen LogP contribution >= 0.6 is 0 Å². The fourth-order valence-corrected chi connectivity index (χ4v) is 3.30. The van der Waals surface area contributed by atoms with Gasteiger partial charge in [0.15, 0.2) is 0 Å². The summed E-state index contributed by atoms with van der Waals surface area (Å²) in [7, 11) is 0. The van der Waals surface area contributed by atoms with Gasteiger partial charge in [-0.3, -0.25) is 4.79 Å². The lowest BCUT2D eigenvalue weighted by Crippen LogP contribution is -2.33. The maximum absolute atomic E-state index is 12.6. The molecule has 1 aliphatic heterocycles. The van der Waals surface area contributed by atoms with Gasteiger partial charge < -0.3 is 14.1 Å². The summed E-state index contributed by atoms with van der Waals surface area (Å²) in [6, 6.07) is 6.47. The molecule has 1 unspecified atom stereocenters. The van der Waals surface area contributed by atoms with Crippen molar-refractivity contribution in [2.24, 2.45) is 0 Å². The van der Waals surface area contributed by atoms with E-state index in [-0.39, 0.29) is 25.2 Å². The summed E-state index contributed by atoms with van der Waals surface area (Å²) in [6.07, 6.45) is 3.69. The lowest BCUT2D eigenvalue weighted by atomic mass is 9.96. The summed E-state index contributed by atoms with van der Waals surface area (Å²) < 4.78 is 10.8. The number of amides is 1. The predicted molar refractivity (Wildman–Crippen MR) is 90.5 cm³/mol. The summed E-state index contributed by atoms with van der Waals surface area (Å²) in [5, 5.41) is 0. The zero-order valence-electron chi connectivity index (χ0n) is 14.5. The van der Waals surface area contributed by atoms with E-state index in [0.717, 1.165) is 25.1 Å². The predicted octanol–water partition coefficient (Wildman–Crippen LogP) is 3.48. The average Bonchev–Trinajstić information content (AvgIpc) is 3.19. The molecule has 1 fully saturated rings. The topological polar surface area (TPSA) is 55.6 Å². The molecule has 1 amide bonds. The number of aryl methyl sites for hydroxylation is 2. The van der Waals surface area contributed by atoms with Crippen LogP contribution in [0.25, 0.3) is 0 Å². The summed E-state index contributed by atoms with van der Waals surface area (Å²) in [5.74, 6) is 1.28. The van der Waals surface area contributed by atoms with Gasteiger partial charge in [-0.05, 0) is 50.3 Å². The Balaban J connectivity index is 1.62. The summed E-state index contributed by atoms with van der Waals surface area (Å²) in [5.41, 5.74) is 3.80. The Morgan fingerprint density at radius 2 is 2.21 bits per heavy atom. The monoisotopic (exact) mass is 328 g/mol. The van der Waals surface area contributed by atoms with Crippen LogP contribution in [0.2, 0.25) is 0 Å². The molecule has 0 aliphatic carbocycles. The summed E-state index contributed by atoms with van der Waals surface area (Å²) >= 11 is 0. The largest absolute Gasteiger partial charge is 0.443 e. The fraction of sp³-hybridized carbons (Fsp3) is 0.474. The van der Waals surface area contributed by atoms with E-state index in [1.54, 1.807) is 6.20 Å². The molecule has 1 aromatic carbocycles. The minimum absolute atomic E-state index is 0.0293. The van der Waals surface area contributed by atoms with Gasteiger partial charge in [-0.25, -0.2) is 4.98 Å². The van der Waals surface area contributed by atoms with Crippen molar-refractivity contribution in [1.82, 2.24) is 9.88 Å². The Bertz CT molecular complexity index is 723. The molecule has 0 N–H and O–H groups in total. The summed E-state index contributed by atoms with van der Waals surface area (Å²) in [6.45, 7) is 7.15. The highest BCUT2D eigenvalue weighted by molar-refractivity contribution is 5.78. The number of benzene rings is 1. The first kappa shape index (κ1) is 16.7. The van der Waals surface area contributed by atoms with Gasteiger partial charge in [-0.1, -0.05) is 18.2 Å². The molecule has 5 heteroatoms. The van der Waals surface area contributed by atoms with Gasteiger partial charge >= 0.3 is 0 Å². The maximum atomic E-state index is 12.6. The van der Waals surface area contributed by atoms with E-state index >= 15 is 0 Å². The number of hydrogen-bond donors (Lipinski definition) is 0. The first-order valence-electron chi connectivity index (χ1n) is 8.41. The third kappa shape index (κ3) is 3.51. The number of aromatic nitrogens is 1. The van der Waals surface area contributed by atoms with Crippen LogP contribution in [0.1, 0.15) is 47.2 Å². The first-order valence-corrected chi connectivity index (χ1v) is 8.41. The Labute approximate surface area is 142 Å². The van der Waals surface area contributed by atoms with E-state index < -0.39 is 0 Å². The van der Waals surface area contributed by atoms with Crippen molar-refractivity contribution in [3.8, 4) is 0 Å². The highest BCUT2D eigenvalue weighted by Gasteiger charge is 2.30. The van der Waals surface area contributed by atoms with Crippen LogP contribution in [0.5, 0.6) is 0 Å². The van der Waals surface area contributed by atoms with Crippen molar-refractivity contribution in [2.75, 3.05) is 13.2 Å². The highest BCUT2D eigenvalue weighted by atomic mass is 16.5. The van der Waals surface area contributed by atoms with E-state index in [9.17, 15) is 4.79 Å². The number of nitrogens with zero attached hydrogens (tertiary/aromatic N) is 2. The number of carbonyl (C=O) groups is 1. The van der Waals surface area contributed by atoms with Crippen LogP contribution < -0.4 is 0 Å². The van der Waals surface area contributed by atoms with E-state index in [1.807, 2.05) is 11.8 Å². The SMILES string of the molecule is Cc1cnc(COCC(=O)N2CCCC2c2cccc(C)c2C)o1. The van der Waals surface area contributed by atoms with Crippen LogP contribution in [-0.4, -0.2) is 28.9 Å². The quantitative estimate of drug-likeness (QED) is 0.843. The average molecular weight is 328 g/mol. The Morgan fingerprint density at radius 1 is 1.38 bits per heavy atom. The smallest absolute Gasteiger partial charge is 0.249 e. The van der Waals surface area contributed by atoms with Crippen LogP contribution in [-0.2, 0) is 16.1 Å². The second kappa shape index (κ2) is 7.18. The van der Waals surface area contributed by atoms with Crippen molar-refractivity contribution in [1.29, 1.82) is 0 Å². The van der Waals surface area contributed by atoms with Crippen LogP contribution in [0.4, 0.5) is 0 Å². The van der Waals surface area contributed by atoms with Crippen LogP contribution in [0.15, 0.2) is 28.8 Å². The number of likely N-dealkylation sites (tertiary alicyclic amines) is 1. The van der Waals surface area contributed by atoms with E-state index in [4.69, 9.17) is 9.15 Å². The van der Waals surface area contributed by atoms with Crippen LogP contribution in [0, 0.1) is 20.8 Å². The molecule has 0 spiro atoms. The van der Waals surface area contributed by atoms with Gasteiger partial charge in [0.1, 0.15) is 19.0 Å². The number of rotatable bonds is 5. The zero-order valence-corrected chi connectivity index (χ0v) is 14.5. The van der Waals surface area contributed by atoms with Gasteiger partial charge in [0, 0.05) is 6.54 Å². The van der Waals surface area contributed by atoms with Gasteiger partial charge in [0.05, 0.1) is 12.2 Å². The second-order valence-electron chi connectivity index (χ2n) is 6.39. The standard InChI is InChI=1S/C19H24N2O3/c1-13-6-4-7-16(15(13)3)17-8-5-9-21(17)19(22)12-23-11-18-20-10-14(2)24-18/h4,6-7,10,17H,5,8-9,11-12H2,1-3H3. The third-order valence-corrected chi connectivity index (χ3v) is 4.70. The molecule has 24 heavy (non-hydrogen) atoms. The van der Waals surface area contributed by atoms with Gasteiger partial charge in [0.2, 0.25) is 11.8 Å². The molecule has 0 radical (unpaired) electrons. The molecule has 2 heterocycles. The number of ether oxygens (including phenoxy) is 1. The number of hydrogen-bond acceptors (Lipinski definition) is 4. The molecule has 1 saturated heterocycles. The molecule has 0 saturated carbocycles. The molecular weight excluding hydrogens is 304 g/mol. The molecule has 0 bridgehead atoms. The minimum atomic E-state index is 0.0293. The molecule has 2 aromatic rings. The zero-order chi connectivity index (χ0) is 17.1. The Kier molecular flexibility index (Phi) is 5.00. The molecule has 1 aromatic heterocycles. The molecule has 128 valence electrons. The highest BCUT2D eigenvalue weighted by Crippen LogP contribution is 2.34. The van der Waals surface area contributed by atoms with E-state index in [0.29, 0.717) is 5.89 Å². The normalized spacial score (nSPS) is 17.5. The first-order chi connectivity index (χ1) is 11.6. The third-order valence-electron chi connectivity index (χ3n) is 4.70. The molecule has 3 rings (SSSR count). The van der Waals surface area contributed by atoms with Crippen molar-refractivity contribution >= 4 is 5.91 Å². The van der Waals surface area contributed by atoms with Crippen molar-refractivity contribution in [2.45, 2.75) is 46.3 Å². The van der Waals surface area contributed by atoms with Crippen molar-refractivity contribution < 1.29 is 13.9 Å². The molecular formula is C19H24N2O3. The minimum Gasteiger partial charge on any atom is -0.443 e.